The Morgan fingerprint density at radius 2 is 1.96 bits per heavy atom. The van der Waals surface area contributed by atoms with Crippen LogP contribution in [0.15, 0.2) is 15.1 Å². The third-order valence-electron chi connectivity index (χ3n) is 4.91. The predicted molar refractivity (Wildman–Crippen MR) is 102 cm³/mol. The molecule has 1 aliphatic carbocycles. The molecular formula is C20H27N5O2. The molecule has 1 fully saturated rings. The van der Waals surface area contributed by atoms with Gasteiger partial charge in [-0.3, -0.25) is 0 Å². The number of nitrogens with zero attached hydrogens (tertiary/aromatic N) is 4. The predicted octanol–water partition coefficient (Wildman–Crippen LogP) is 3.89. The molecule has 3 heterocycles. The molecule has 27 heavy (non-hydrogen) atoms. The molecule has 3 aromatic heterocycles. The van der Waals surface area contributed by atoms with E-state index < -0.39 is 0 Å². The van der Waals surface area contributed by atoms with Crippen LogP contribution in [0.5, 0.6) is 0 Å². The quantitative estimate of drug-likeness (QED) is 0.705. The first-order chi connectivity index (χ1) is 12.8. The summed E-state index contributed by atoms with van der Waals surface area (Å²) < 4.78 is 11.2. The van der Waals surface area contributed by atoms with Gasteiger partial charge in [-0.05, 0) is 44.7 Å². The number of hydrogen-bond acceptors (Lipinski definition) is 7. The van der Waals surface area contributed by atoms with Crippen LogP contribution in [0.25, 0.3) is 22.6 Å². The number of nitrogens with one attached hydrogen (secondary N) is 1. The summed E-state index contributed by atoms with van der Waals surface area (Å²) in [5.74, 6) is 1.70. The molecule has 144 valence electrons. The number of rotatable bonds is 6. The zero-order valence-corrected chi connectivity index (χ0v) is 16.7. The van der Waals surface area contributed by atoms with Gasteiger partial charge in [0.2, 0.25) is 0 Å². The third-order valence-corrected chi connectivity index (χ3v) is 4.91. The second-order valence-corrected chi connectivity index (χ2v) is 8.83. The highest BCUT2D eigenvalue weighted by Gasteiger charge is 2.30. The van der Waals surface area contributed by atoms with E-state index in [0.29, 0.717) is 29.8 Å². The number of hydrogen-bond donors (Lipinski definition) is 1. The van der Waals surface area contributed by atoms with Crippen molar-refractivity contribution in [1.82, 2.24) is 25.6 Å². The average Bonchev–Trinajstić information content (AvgIpc) is 3.24. The van der Waals surface area contributed by atoms with Crippen molar-refractivity contribution in [2.45, 2.75) is 65.3 Å². The minimum atomic E-state index is 0.0818. The molecule has 1 N–H and O–H groups in total. The topological polar surface area (TPSA) is 89.9 Å². The molecule has 7 nitrogen and oxygen atoms in total. The summed E-state index contributed by atoms with van der Waals surface area (Å²) in [4.78, 5) is 9.36. The Balaban J connectivity index is 1.80. The summed E-state index contributed by atoms with van der Waals surface area (Å²) in [7, 11) is 1.93. The van der Waals surface area contributed by atoms with E-state index in [1.807, 2.05) is 7.05 Å². The van der Waals surface area contributed by atoms with Crippen molar-refractivity contribution < 1.29 is 9.05 Å². The lowest BCUT2D eigenvalue weighted by Gasteiger charge is -2.16. The van der Waals surface area contributed by atoms with Crippen LogP contribution in [-0.4, -0.2) is 33.4 Å². The molecule has 3 aromatic rings. The first kappa shape index (κ1) is 18.1. The van der Waals surface area contributed by atoms with E-state index in [1.165, 1.54) is 0 Å². The minimum Gasteiger partial charge on any atom is -0.336 e. The van der Waals surface area contributed by atoms with Crippen molar-refractivity contribution in [2.75, 3.05) is 7.05 Å². The fraction of sp³-hybridized carbons (Fsp3) is 0.600. The molecule has 1 unspecified atom stereocenters. The molecule has 0 radical (unpaired) electrons. The van der Waals surface area contributed by atoms with Gasteiger partial charge in [0, 0.05) is 24.1 Å². The summed E-state index contributed by atoms with van der Waals surface area (Å²) in [6.45, 7) is 8.64. The molecule has 0 amide bonds. The van der Waals surface area contributed by atoms with Crippen molar-refractivity contribution in [2.24, 2.45) is 5.41 Å². The molecule has 0 bridgehead atoms. The van der Waals surface area contributed by atoms with Gasteiger partial charge in [-0.15, -0.1) is 0 Å². The normalized spacial score (nSPS) is 16.2. The van der Waals surface area contributed by atoms with Crippen molar-refractivity contribution in [3.8, 4) is 11.5 Å². The summed E-state index contributed by atoms with van der Waals surface area (Å²) >= 11 is 0. The first-order valence-corrected chi connectivity index (χ1v) is 9.63. The van der Waals surface area contributed by atoms with Gasteiger partial charge in [-0.25, -0.2) is 4.98 Å². The van der Waals surface area contributed by atoms with E-state index in [1.54, 1.807) is 0 Å². The summed E-state index contributed by atoms with van der Waals surface area (Å²) in [6.07, 6.45) is 3.82. The maximum absolute atomic E-state index is 5.63. The van der Waals surface area contributed by atoms with E-state index in [0.717, 1.165) is 41.6 Å². The Kier molecular flexibility index (Phi) is 4.50. The highest BCUT2D eigenvalue weighted by molar-refractivity contribution is 5.91. The molecular weight excluding hydrogens is 342 g/mol. The van der Waals surface area contributed by atoms with Crippen LogP contribution in [0.3, 0.4) is 0 Å². The van der Waals surface area contributed by atoms with E-state index in [9.17, 15) is 0 Å². The van der Waals surface area contributed by atoms with Crippen molar-refractivity contribution >= 4 is 11.1 Å². The highest BCUT2D eigenvalue weighted by Crippen LogP contribution is 2.42. The van der Waals surface area contributed by atoms with Crippen molar-refractivity contribution in [3.05, 3.63) is 23.3 Å². The molecule has 0 aliphatic heterocycles. The molecule has 7 heteroatoms. The molecule has 4 rings (SSSR count). The van der Waals surface area contributed by atoms with Crippen molar-refractivity contribution in [3.63, 3.8) is 0 Å². The summed E-state index contributed by atoms with van der Waals surface area (Å²) in [5, 5.41) is 12.6. The zero-order valence-electron chi connectivity index (χ0n) is 16.7. The Morgan fingerprint density at radius 1 is 1.19 bits per heavy atom. The van der Waals surface area contributed by atoms with Gasteiger partial charge in [-0.1, -0.05) is 31.1 Å². The zero-order chi connectivity index (χ0) is 19.2. The maximum atomic E-state index is 5.63. The number of likely N-dealkylation sites (N-methyl/N-ethyl adjacent to an activating group) is 1. The minimum absolute atomic E-state index is 0.0818. The van der Waals surface area contributed by atoms with Gasteiger partial charge in [0.25, 0.3) is 11.6 Å². The maximum Gasteiger partial charge on any atom is 0.259 e. The lowest BCUT2D eigenvalue weighted by Crippen LogP contribution is -2.24. The third kappa shape index (κ3) is 3.88. The lowest BCUT2D eigenvalue weighted by atomic mass is 9.89. The Bertz CT molecular complexity index is 949. The molecule has 0 spiro atoms. The largest absolute Gasteiger partial charge is 0.336 e. The molecule has 0 saturated heterocycles. The van der Waals surface area contributed by atoms with Gasteiger partial charge >= 0.3 is 0 Å². The van der Waals surface area contributed by atoms with Crippen LogP contribution in [-0.2, 0) is 12.8 Å². The van der Waals surface area contributed by atoms with Gasteiger partial charge < -0.3 is 14.4 Å². The lowest BCUT2D eigenvalue weighted by molar-refractivity contribution is 0.380. The Labute approximate surface area is 158 Å². The van der Waals surface area contributed by atoms with Crippen LogP contribution >= 0.6 is 0 Å². The number of pyridine rings is 1. The van der Waals surface area contributed by atoms with E-state index >= 15 is 0 Å². The molecule has 1 atom stereocenters. The molecule has 0 aromatic carbocycles. The standard InChI is InChI=1S/C20H27N5O2/c1-11(21-5)8-16-23-18(26-25-16)13-9-14(12-6-7-12)22-19-17(13)15(24-27-19)10-20(2,3)4/h9,11-12,21H,6-8,10H2,1-5H3. The smallest absolute Gasteiger partial charge is 0.259 e. The van der Waals surface area contributed by atoms with Gasteiger partial charge in [-0.2, -0.15) is 4.98 Å². The van der Waals surface area contributed by atoms with Gasteiger partial charge in [0.15, 0.2) is 5.82 Å². The SMILES string of the molecule is CNC(C)Cc1noc(-c2cc(C3CC3)nc3onc(CC(C)(C)C)c23)n1. The molecule has 1 aliphatic rings. The van der Waals surface area contributed by atoms with Crippen LogP contribution in [0.1, 0.15) is 63.7 Å². The second kappa shape index (κ2) is 6.71. The highest BCUT2D eigenvalue weighted by atomic mass is 16.5. The average molecular weight is 369 g/mol. The van der Waals surface area contributed by atoms with Gasteiger partial charge in [0.1, 0.15) is 0 Å². The molecule has 1 saturated carbocycles. The van der Waals surface area contributed by atoms with Crippen LogP contribution in [0.4, 0.5) is 0 Å². The van der Waals surface area contributed by atoms with E-state index in [-0.39, 0.29) is 11.5 Å². The van der Waals surface area contributed by atoms with E-state index in [2.05, 4.69) is 54.4 Å². The van der Waals surface area contributed by atoms with Crippen LogP contribution in [0.2, 0.25) is 0 Å². The monoisotopic (exact) mass is 369 g/mol. The fourth-order valence-corrected chi connectivity index (χ4v) is 3.23. The van der Waals surface area contributed by atoms with Crippen LogP contribution in [0, 0.1) is 5.41 Å². The fourth-order valence-electron chi connectivity index (χ4n) is 3.23. The van der Waals surface area contributed by atoms with E-state index in [4.69, 9.17) is 14.0 Å². The van der Waals surface area contributed by atoms with Crippen LogP contribution < -0.4 is 5.32 Å². The number of fused-ring (bicyclic) bond motifs is 1. The summed E-state index contributed by atoms with van der Waals surface area (Å²) in [6, 6.07) is 2.37. The number of aromatic nitrogens is 4. The first-order valence-electron chi connectivity index (χ1n) is 9.63. The second-order valence-electron chi connectivity index (χ2n) is 8.83. The summed E-state index contributed by atoms with van der Waals surface area (Å²) in [5.41, 5.74) is 3.46. The Hall–Kier alpha value is -2.28. The van der Waals surface area contributed by atoms with Crippen molar-refractivity contribution in [1.29, 1.82) is 0 Å². The Morgan fingerprint density at radius 3 is 2.63 bits per heavy atom. The van der Waals surface area contributed by atoms with Gasteiger partial charge in [0.05, 0.1) is 16.6 Å².